The van der Waals surface area contributed by atoms with E-state index >= 15 is 0 Å². The molecule has 7 nitrogen and oxygen atoms in total. The zero-order chi connectivity index (χ0) is 20.6. The molecule has 2 rings (SSSR count). The molecule has 0 radical (unpaired) electrons. The number of rotatable bonds is 12. The molecule has 0 unspecified atom stereocenters. The Hall–Kier alpha value is -1.53. The summed E-state index contributed by atoms with van der Waals surface area (Å²) in [6.07, 6.45) is 3.53. The SMILES string of the molecule is NCCCNCCCCNc1cc(F)c(S(=O)(=O)Nc2ncc(F)s2)cc1Cl. The van der Waals surface area contributed by atoms with Crippen LogP contribution in [0.15, 0.2) is 23.2 Å². The molecule has 0 saturated carbocycles. The van der Waals surface area contributed by atoms with Crippen molar-refractivity contribution in [3.63, 3.8) is 0 Å². The summed E-state index contributed by atoms with van der Waals surface area (Å²) in [5, 5.41) is 5.45. The number of nitrogens with zero attached hydrogens (tertiary/aromatic N) is 1. The van der Waals surface area contributed by atoms with Gasteiger partial charge >= 0.3 is 0 Å². The summed E-state index contributed by atoms with van der Waals surface area (Å²) in [7, 11) is -4.28. The first-order valence-electron chi connectivity index (χ1n) is 8.61. The second-order valence-electron chi connectivity index (χ2n) is 5.86. The molecule has 1 aromatic carbocycles. The van der Waals surface area contributed by atoms with E-state index in [1.807, 2.05) is 4.72 Å². The zero-order valence-corrected chi connectivity index (χ0v) is 17.4. The lowest BCUT2D eigenvalue weighted by Crippen LogP contribution is -2.20. The molecule has 0 amide bonds. The maximum atomic E-state index is 14.4. The van der Waals surface area contributed by atoms with E-state index in [0.717, 1.165) is 50.7 Å². The average molecular weight is 454 g/mol. The van der Waals surface area contributed by atoms with E-state index in [1.54, 1.807) is 0 Å². The predicted octanol–water partition coefficient (Wildman–Crippen LogP) is 3.01. The van der Waals surface area contributed by atoms with Gasteiger partial charge in [-0.2, -0.15) is 4.39 Å². The van der Waals surface area contributed by atoms with Gasteiger partial charge in [-0.3, -0.25) is 4.72 Å². The lowest BCUT2D eigenvalue weighted by molar-refractivity contribution is 0.570. The lowest BCUT2D eigenvalue weighted by Gasteiger charge is -2.12. The van der Waals surface area contributed by atoms with E-state index in [-0.39, 0.29) is 10.2 Å². The van der Waals surface area contributed by atoms with Gasteiger partial charge in [-0.05, 0) is 51.0 Å². The van der Waals surface area contributed by atoms with Gasteiger partial charge in [0, 0.05) is 6.54 Å². The highest BCUT2D eigenvalue weighted by Crippen LogP contribution is 2.29. The quantitative estimate of drug-likeness (QED) is 0.368. The predicted molar refractivity (Wildman–Crippen MR) is 109 cm³/mol. The number of benzene rings is 1. The normalized spacial score (nSPS) is 11.6. The third kappa shape index (κ3) is 6.82. The van der Waals surface area contributed by atoms with Gasteiger partial charge in [0.05, 0.1) is 16.9 Å². The van der Waals surface area contributed by atoms with Crippen molar-refractivity contribution in [1.82, 2.24) is 10.3 Å². The van der Waals surface area contributed by atoms with Crippen molar-refractivity contribution in [2.24, 2.45) is 5.73 Å². The zero-order valence-electron chi connectivity index (χ0n) is 15.0. The number of halogens is 3. The van der Waals surface area contributed by atoms with E-state index in [9.17, 15) is 17.2 Å². The highest BCUT2D eigenvalue weighted by atomic mass is 35.5. The van der Waals surface area contributed by atoms with Gasteiger partial charge in [0.25, 0.3) is 10.0 Å². The van der Waals surface area contributed by atoms with Crippen LogP contribution in [0.25, 0.3) is 0 Å². The van der Waals surface area contributed by atoms with Gasteiger partial charge < -0.3 is 16.4 Å². The summed E-state index contributed by atoms with van der Waals surface area (Å²) in [6, 6.07) is 2.04. The van der Waals surface area contributed by atoms with Crippen LogP contribution in [0.3, 0.4) is 0 Å². The van der Waals surface area contributed by atoms with Crippen molar-refractivity contribution in [3.05, 3.63) is 34.3 Å². The molecular weight excluding hydrogens is 432 g/mol. The molecule has 0 bridgehead atoms. The highest BCUT2D eigenvalue weighted by molar-refractivity contribution is 7.93. The molecule has 0 aliphatic heterocycles. The van der Waals surface area contributed by atoms with Gasteiger partial charge in [-0.15, -0.1) is 0 Å². The van der Waals surface area contributed by atoms with Crippen molar-refractivity contribution < 1.29 is 17.2 Å². The summed E-state index contributed by atoms with van der Waals surface area (Å²) < 4.78 is 53.9. The Bertz CT molecular complexity index is 880. The molecule has 156 valence electrons. The molecule has 5 N–H and O–H groups in total. The molecule has 0 saturated heterocycles. The Morgan fingerprint density at radius 1 is 1.14 bits per heavy atom. The van der Waals surface area contributed by atoms with E-state index in [4.69, 9.17) is 17.3 Å². The fraction of sp³-hybridized carbons (Fsp3) is 0.438. The van der Waals surface area contributed by atoms with E-state index in [2.05, 4.69) is 15.6 Å². The Morgan fingerprint density at radius 2 is 1.86 bits per heavy atom. The standard InChI is InChI=1S/C16H22ClF2N5O2S2/c17-11-8-14(28(25,26)24-16-23-10-15(19)27-16)12(18)9-13(11)22-7-2-1-5-21-6-3-4-20/h8-10,21-22H,1-7,20H2,(H,23,24). The first-order valence-corrected chi connectivity index (χ1v) is 11.3. The Morgan fingerprint density at radius 3 is 2.54 bits per heavy atom. The largest absolute Gasteiger partial charge is 0.384 e. The summed E-state index contributed by atoms with van der Waals surface area (Å²) in [4.78, 5) is 2.92. The van der Waals surface area contributed by atoms with Crippen LogP contribution in [0.4, 0.5) is 19.6 Å². The van der Waals surface area contributed by atoms with Crippen LogP contribution in [-0.4, -0.2) is 39.6 Å². The smallest absolute Gasteiger partial charge is 0.266 e. The van der Waals surface area contributed by atoms with Gasteiger partial charge in [0.15, 0.2) is 10.3 Å². The van der Waals surface area contributed by atoms with Gasteiger partial charge in [0.1, 0.15) is 10.7 Å². The van der Waals surface area contributed by atoms with Crippen LogP contribution >= 0.6 is 22.9 Å². The molecule has 1 aromatic heterocycles. The van der Waals surface area contributed by atoms with Crippen LogP contribution in [0.5, 0.6) is 0 Å². The first kappa shape index (κ1) is 22.8. The number of hydrogen-bond acceptors (Lipinski definition) is 7. The van der Waals surface area contributed by atoms with E-state index < -0.39 is 25.9 Å². The number of unbranched alkanes of at least 4 members (excludes halogenated alkanes) is 1. The summed E-state index contributed by atoms with van der Waals surface area (Å²) in [5.41, 5.74) is 5.71. The van der Waals surface area contributed by atoms with Gasteiger partial charge in [-0.25, -0.2) is 17.8 Å². The highest BCUT2D eigenvalue weighted by Gasteiger charge is 2.22. The van der Waals surface area contributed by atoms with Crippen molar-refractivity contribution >= 4 is 43.8 Å². The summed E-state index contributed by atoms with van der Waals surface area (Å²) >= 11 is 6.59. The second kappa shape index (κ2) is 10.9. The number of nitrogens with one attached hydrogen (secondary N) is 3. The molecule has 0 atom stereocenters. The topological polar surface area (TPSA) is 109 Å². The molecule has 0 spiro atoms. The first-order chi connectivity index (χ1) is 13.3. The number of nitrogens with two attached hydrogens (primary N) is 1. The Balaban J connectivity index is 1.92. The fourth-order valence-electron chi connectivity index (χ4n) is 2.29. The Kier molecular flexibility index (Phi) is 8.83. The molecule has 1 heterocycles. The number of anilines is 2. The molecule has 28 heavy (non-hydrogen) atoms. The van der Waals surface area contributed by atoms with Crippen LogP contribution in [0, 0.1) is 10.9 Å². The molecule has 0 aliphatic rings. The number of aromatic nitrogens is 1. The fourth-order valence-corrected chi connectivity index (χ4v) is 4.46. The van der Waals surface area contributed by atoms with Crippen LogP contribution < -0.4 is 21.1 Å². The molecular formula is C16H22ClF2N5O2S2. The minimum Gasteiger partial charge on any atom is -0.384 e. The molecule has 0 aliphatic carbocycles. The van der Waals surface area contributed by atoms with Gasteiger partial charge in [0.2, 0.25) is 0 Å². The van der Waals surface area contributed by atoms with Crippen LogP contribution in [0.1, 0.15) is 19.3 Å². The molecule has 12 heteroatoms. The summed E-state index contributed by atoms with van der Waals surface area (Å²) in [5.74, 6) is -0.972. The van der Waals surface area contributed by atoms with Crippen molar-refractivity contribution in [2.45, 2.75) is 24.2 Å². The maximum Gasteiger partial charge on any atom is 0.266 e. The van der Waals surface area contributed by atoms with E-state index in [0.29, 0.717) is 30.1 Å². The van der Waals surface area contributed by atoms with Crippen molar-refractivity contribution in [3.8, 4) is 0 Å². The molecule has 2 aromatic rings. The van der Waals surface area contributed by atoms with E-state index in [1.165, 1.54) is 0 Å². The van der Waals surface area contributed by atoms with Crippen molar-refractivity contribution in [1.29, 1.82) is 0 Å². The van der Waals surface area contributed by atoms with Crippen LogP contribution in [-0.2, 0) is 10.0 Å². The third-order valence-corrected chi connectivity index (χ3v) is 6.16. The number of sulfonamides is 1. The minimum absolute atomic E-state index is 0.0631. The lowest BCUT2D eigenvalue weighted by atomic mass is 10.2. The number of thiazole rings is 1. The van der Waals surface area contributed by atoms with Crippen LogP contribution in [0.2, 0.25) is 5.02 Å². The monoisotopic (exact) mass is 453 g/mol. The van der Waals surface area contributed by atoms with Crippen molar-refractivity contribution in [2.75, 3.05) is 36.2 Å². The maximum absolute atomic E-state index is 14.4. The average Bonchev–Trinajstić information content (AvgIpc) is 3.03. The third-order valence-electron chi connectivity index (χ3n) is 3.66. The molecule has 0 fully saturated rings. The minimum atomic E-state index is -4.28. The number of hydrogen-bond donors (Lipinski definition) is 4. The summed E-state index contributed by atoms with van der Waals surface area (Å²) in [6.45, 7) is 2.93. The second-order valence-corrected chi connectivity index (χ2v) is 8.90. The van der Waals surface area contributed by atoms with Gasteiger partial charge in [-0.1, -0.05) is 22.9 Å². The Labute approximate surface area is 171 Å².